The van der Waals surface area contributed by atoms with Crippen molar-refractivity contribution >= 4 is 11.4 Å². The zero-order valence-electron chi connectivity index (χ0n) is 15.5. The molecule has 0 spiro atoms. The Morgan fingerprint density at radius 1 is 0.615 bits per heavy atom. The Labute approximate surface area is 154 Å². The summed E-state index contributed by atoms with van der Waals surface area (Å²) in [4.78, 5) is 0. The van der Waals surface area contributed by atoms with Crippen LogP contribution in [0.15, 0.2) is 81.1 Å². The van der Waals surface area contributed by atoms with Crippen molar-refractivity contribution in [3.05, 3.63) is 60.7 Å². The van der Waals surface area contributed by atoms with Crippen LogP contribution in [-0.4, -0.2) is 11.1 Å². The highest BCUT2D eigenvalue weighted by Crippen LogP contribution is 2.16. The van der Waals surface area contributed by atoms with Crippen LogP contribution in [-0.2, 0) is 0 Å². The molecule has 6 heteroatoms. The zero-order chi connectivity index (χ0) is 19.5. The number of hydrogen-bond acceptors (Lipinski definition) is 6. The Balaban J connectivity index is 0.000000265. The lowest BCUT2D eigenvalue weighted by Gasteiger charge is -2.11. The van der Waals surface area contributed by atoms with E-state index >= 15 is 0 Å². The van der Waals surface area contributed by atoms with Crippen LogP contribution in [0.25, 0.3) is 0 Å². The van der Waals surface area contributed by atoms with Crippen LogP contribution in [0.1, 0.15) is 27.7 Å². The lowest BCUT2D eigenvalue weighted by molar-refractivity contribution is 0.541. The Hall–Kier alpha value is -3.38. The minimum Gasteiger partial charge on any atom is -0.196 e. The van der Waals surface area contributed by atoms with Gasteiger partial charge in [-0.2, -0.15) is 31.0 Å². The Bertz CT molecular complexity index is 739. The largest absolute Gasteiger partial charge is 0.196 e. The normalized spacial score (nSPS) is 11.5. The quantitative estimate of drug-likeness (QED) is 0.621. The highest BCUT2D eigenvalue weighted by molar-refractivity contribution is 5.39. The van der Waals surface area contributed by atoms with E-state index in [0.29, 0.717) is 0 Å². The third-order valence-corrected chi connectivity index (χ3v) is 2.89. The highest BCUT2D eigenvalue weighted by atomic mass is 15.2. The number of benzene rings is 2. The van der Waals surface area contributed by atoms with Gasteiger partial charge < -0.3 is 0 Å². The van der Waals surface area contributed by atoms with E-state index < -0.39 is 11.1 Å². The maximum atomic E-state index is 8.58. The van der Waals surface area contributed by atoms with Gasteiger partial charge in [-0.25, -0.2) is 0 Å². The molecular weight excluding hydrogens is 324 g/mol. The van der Waals surface area contributed by atoms with E-state index in [2.05, 4.69) is 20.5 Å². The summed E-state index contributed by atoms with van der Waals surface area (Å²) in [5.41, 5.74) is 0.0649. The summed E-state index contributed by atoms with van der Waals surface area (Å²) in [6.07, 6.45) is 0. The second-order valence-corrected chi connectivity index (χ2v) is 6.41. The van der Waals surface area contributed by atoms with Gasteiger partial charge in [0.2, 0.25) is 0 Å². The maximum Gasteiger partial charge on any atom is 0.162 e. The van der Waals surface area contributed by atoms with Gasteiger partial charge >= 0.3 is 0 Å². The van der Waals surface area contributed by atoms with Gasteiger partial charge in [0, 0.05) is 0 Å². The van der Waals surface area contributed by atoms with E-state index in [1.54, 1.807) is 27.7 Å². The van der Waals surface area contributed by atoms with E-state index in [9.17, 15) is 0 Å². The summed E-state index contributed by atoms with van der Waals surface area (Å²) in [5, 5.41) is 32.9. The molecule has 0 aromatic heterocycles. The molecule has 0 fully saturated rings. The molecule has 2 rings (SSSR count). The molecule has 0 amide bonds. The molecule has 0 N–H and O–H groups in total. The zero-order valence-corrected chi connectivity index (χ0v) is 15.5. The fraction of sp³-hybridized carbons (Fsp3) is 0.300. The lowest BCUT2D eigenvalue weighted by Crippen LogP contribution is -2.17. The van der Waals surface area contributed by atoms with E-state index in [-0.39, 0.29) is 0 Å². The fourth-order valence-electron chi connectivity index (χ4n) is 1.40. The van der Waals surface area contributed by atoms with Crippen LogP contribution in [0.2, 0.25) is 0 Å². The molecule has 26 heavy (non-hydrogen) atoms. The van der Waals surface area contributed by atoms with Crippen molar-refractivity contribution in [1.29, 1.82) is 10.5 Å². The Morgan fingerprint density at radius 2 is 0.923 bits per heavy atom. The van der Waals surface area contributed by atoms with Gasteiger partial charge in [0.15, 0.2) is 11.1 Å². The molecule has 0 aliphatic rings. The van der Waals surface area contributed by atoms with E-state index in [0.717, 1.165) is 11.4 Å². The summed E-state index contributed by atoms with van der Waals surface area (Å²) in [5.74, 6) is 0. The van der Waals surface area contributed by atoms with E-state index in [1.807, 2.05) is 72.8 Å². The number of rotatable bonds is 4. The number of nitrogens with zero attached hydrogens (tertiary/aromatic N) is 6. The molecule has 2 aromatic rings. The topological polar surface area (TPSA) is 97.0 Å². The average Bonchev–Trinajstić information content (AvgIpc) is 2.67. The second kappa shape index (κ2) is 9.80. The van der Waals surface area contributed by atoms with Crippen molar-refractivity contribution in [3.8, 4) is 12.1 Å². The predicted molar refractivity (Wildman–Crippen MR) is 101 cm³/mol. The van der Waals surface area contributed by atoms with Crippen LogP contribution in [0.3, 0.4) is 0 Å². The first-order chi connectivity index (χ1) is 12.3. The standard InChI is InChI=1S/C12H10N2.C8H12N4/c1-3-7-11(8-4-1)13-14-12-9-5-2-6-10-12;1-7(2,5-9)11-12-8(3,4)6-10/h1-10H;1-4H3. The third kappa shape index (κ3) is 8.47. The third-order valence-electron chi connectivity index (χ3n) is 2.89. The summed E-state index contributed by atoms with van der Waals surface area (Å²) in [6, 6.07) is 23.3. The maximum absolute atomic E-state index is 8.58. The van der Waals surface area contributed by atoms with Gasteiger partial charge in [-0.1, -0.05) is 36.4 Å². The van der Waals surface area contributed by atoms with E-state index in [1.165, 1.54) is 0 Å². The van der Waals surface area contributed by atoms with Gasteiger partial charge in [-0.15, -0.1) is 0 Å². The van der Waals surface area contributed by atoms with Gasteiger partial charge in [0.05, 0.1) is 23.5 Å². The van der Waals surface area contributed by atoms with Crippen LogP contribution in [0.5, 0.6) is 0 Å². The van der Waals surface area contributed by atoms with E-state index in [4.69, 9.17) is 10.5 Å². The minimum atomic E-state index is -0.839. The first kappa shape index (κ1) is 20.7. The van der Waals surface area contributed by atoms with Crippen molar-refractivity contribution in [2.45, 2.75) is 38.8 Å². The van der Waals surface area contributed by atoms with Crippen molar-refractivity contribution in [1.82, 2.24) is 0 Å². The summed E-state index contributed by atoms with van der Waals surface area (Å²) < 4.78 is 0. The molecule has 0 bridgehead atoms. The molecule has 0 aliphatic carbocycles. The molecule has 0 radical (unpaired) electrons. The van der Waals surface area contributed by atoms with Gasteiger partial charge in [-0.3, -0.25) is 0 Å². The molecular formula is C20H22N6. The molecule has 2 aromatic carbocycles. The first-order valence-electron chi connectivity index (χ1n) is 8.06. The van der Waals surface area contributed by atoms with Crippen LogP contribution in [0.4, 0.5) is 11.4 Å². The smallest absolute Gasteiger partial charge is 0.162 e. The summed E-state index contributed by atoms with van der Waals surface area (Å²) >= 11 is 0. The summed E-state index contributed by atoms with van der Waals surface area (Å²) in [6.45, 7) is 6.57. The Morgan fingerprint density at radius 3 is 1.19 bits per heavy atom. The van der Waals surface area contributed by atoms with Crippen LogP contribution in [0, 0.1) is 22.7 Å². The molecule has 0 saturated heterocycles. The van der Waals surface area contributed by atoms with Crippen LogP contribution < -0.4 is 0 Å². The second-order valence-electron chi connectivity index (χ2n) is 6.41. The number of azo groups is 2. The molecule has 0 unspecified atom stereocenters. The average molecular weight is 346 g/mol. The molecule has 0 aliphatic heterocycles. The molecule has 6 nitrogen and oxygen atoms in total. The van der Waals surface area contributed by atoms with Crippen molar-refractivity contribution in [2.75, 3.05) is 0 Å². The molecule has 0 atom stereocenters. The molecule has 0 heterocycles. The van der Waals surface area contributed by atoms with Crippen molar-refractivity contribution in [2.24, 2.45) is 20.5 Å². The Kier molecular flexibility index (Phi) is 7.79. The van der Waals surface area contributed by atoms with Gasteiger partial charge in [-0.05, 0) is 52.0 Å². The van der Waals surface area contributed by atoms with Crippen molar-refractivity contribution in [3.63, 3.8) is 0 Å². The molecule has 0 saturated carbocycles. The van der Waals surface area contributed by atoms with Crippen LogP contribution >= 0.6 is 0 Å². The SMILES string of the molecule is CC(C)(C#N)N=NC(C)(C)C#N.c1ccc(N=Nc2ccccc2)cc1. The minimum absolute atomic E-state index is 0.839. The van der Waals surface area contributed by atoms with Gasteiger partial charge in [0.25, 0.3) is 0 Å². The van der Waals surface area contributed by atoms with Gasteiger partial charge in [0.1, 0.15) is 0 Å². The lowest BCUT2D eigenvalue weighted by atomic mass is 10.1. The number of hydrogen-bond donors (Lipinski definition) is 0. The fourth-order valence-corrected chi connectivity index (χ4v) is 1.40. The first-order valence-corrected chi connectivity index (χ1v) is 8.06. The summed E-state index contributed by atoms with van der Waals surface area (Å²) in [7, 11) is 0. The van der Waals surface area contributed by atoms with Crippen molar-refractivity contribution < 1.29 is 0 Å². The number of nitriles is 2. The monoisotopic (exact) mass is 346 g/mol. The molecule has 132 valence electrons. The predicted octanol–water partition coefficient (Wildman–Crippen LogP) is 6.14. The highest BCUT2D eigenvalue weighted by Gasteiger charge is 2.19.